The first-order valence-electron chi connectivity index (χ1n) is 5.69. The number of hydrazine groups is 1. The number of nitrogens with two attached hydrogens (primary N) is 1. The van der Waals surface area contributed by atoms with Crippen LogP contribution in [0.4, 0.5) is 15.9 Å². The van der Waals surface area contributed by atoms with E-state index in [1.165, 1.54) is 30.5 Å². The van der Waals surface area contributed by atoms with Crippen LogP contribution in [0.25, 0.3) is 0 Å². The molecule has 0 unspecified atom stereocenters. The van der Waals surface area contributed by atoms with E-state index in [0.717, 1.165) is 0 Å². The van der Waals surface area contributed by atoms with Gasteiger partial charge in [0, 0.05) is 6.20 Å². The minimum absolute atomic E-state index is 0.208. The van der Waals surface area contributed by atoms with Crippen molar-refractivity contribution in [3.63, 3.8) is 0 Å². The molecule has 1 amide bonds. The third kappa shape index (κ3) is 3.08. The first-order chi connectivity index (χ1) is 10.1. The van der Waals surface area contributed by atoms with Crippen molar-refractivity contribution >= 4 is 29.0 Å². The van der Waals surface area contributed by atoms with Crippen LogP contribution in [-0.4, -0.2) is 10.9 Å². The van der Waals surface area contributed by atoms with Crippen LogP contribution in [0.5, 0.6) is 0 Å². The number of aromatic nitrogens is 1. The van der Waals surface area contributed by atoms with Gasteiger partial charge in [-0.3, -0.25) is 4.79 Å². The van der Waals surface area contributed by atoms with Crippen LogP contribution < -0.4 is 16.6 Å². The quantitative estimate of drug-likeness (QED) is 0.596. The summed E-state index contributed by atoms with van der Waals surface area (Å²) in [4.78, 5) is 15.7. The summed E-state index contributed by atoms with van der Waals surface area (Å²) < 4.78 is 13.9. The highest BCUT2D eigenvalue weighted by atomic mass is 35.5. The Bertz CT molecular complexity index is 744. The van der Waals surface area contributed by atoms with E-state index in [0.29, 0.717) is 5.56 Å². The molecule has 0 bridgehead atoms. The summed E-state index contributed by atoms with van der Waals surface area (Å²) in [5.74, 6) is 3.23. The number of rotatable bonds is 3. The van der Waals surface area contributed by atoms with Crippen LogP contribution in [0.3, 0.4) is 0 Å². The molecule has 1 heterocycles. The number of carbonyl (C=O) groups is 1. The van der Waals surface area contributed by atoms with Gasteiger partial charge < -0.3 is 10.7 Å². The van der Waals surface area contributed by atoms with Gasteiger partial charge in [0.2, 0.25) is 0 Å². The molecule has 21 heavy (non-hydrogen) atoms. The van der Waals surface area contributed by atoms with Crippen LogP contribution in [0.1, 0.15) is 15.9 Å². The Hall–Kier alpha value is -2.69. The van der Waals surface area contributed by atoms with E-state index in [1.54, 1.807) is 0 Å². The summed E-state index contributed by atoms with van der Waals surface area (Å²) in [5, 5.41) is 11.5. The fourth-order valence-electron chi connectivity index (χ4n) is 1.60. The molecule has 106 valence electrons. The van der Waals surface area contributed by atoms with Gasteiger partial charge in [0.05, 0.1) is 27.9 Å². The van der Waals surface area contributed by atoms with Crippen molar-refractivity contribution in [2.75, 3.05) is 10.7 Å². The number of nitrogens with one attached hydrogen (secondary N) is 2. The fraction of sp³-hybridized carbons (Fsp3) is 0. The SMILES string of the molecule is N#Cc1ccc(Cl)c(NC(=O)c2ccnc(NN)c2F)c1. The molecule has 2 aromatic rings. The number of nitriles is 1. The van der Waals surface area contributed by atoms with Gasteiger partial charge in [-0.1, -0.05) is 11.6 Å². The minimum atomic E-state index is -0.884. The predicted octanol–water partition coefficient (Wildman–Crippen LogP) is 2.28. The topological polar surface area (TPSA) is 104 Å². The molecular weight excluding hydrogens is 297 g/mol. The highest BCUT2D eigenvalue weighted by molar-refractivity contribution is 6.34. The molecule has 0 aliphatic rings. The third-order valence-electron chi connectivity index (χ3n) is 2.61. The molecular formula is C13H9ClFN5O. The smallest absolute Gasteiger partial charge is 0.258 e. The van der Waals surface area contributed by atoms with Gasteiger partial charge in [-0.05, 0) is 24.3 Å². The number of anilines is 2. The van der Waals surface area contributed by atoms with E-state index in [9.17, 15) is 9.18 Å². The first kappa shape index (κ1) is 14.7. The maximum atomic E-state index is 13.9. The molecule has 4 N–H and O–H groups in total. The number of nitrogens with zero attached hydrogens (tertiary/aromatic N) is 2. The van der Waals surface area contributed by atoms with Gasteiger partial charge in [-0.15, -0.1) is 0 Å². The van der Waals surface area contributed by atoms with Crippen molar-refractivity contribution in [1.82, 2.24) is 4.98 Å². The van der Waals surface area contributed by atoms with Gasteiger partial charge in [0.25, 0.3) is 5.91 Å². The Morgan fingerprint density at radius 1 is 1.43 bits per heavy atom. The van der Waals surface area contributed by atoms with Gasteiger partial charge in [0.15, 0.2) is 11.6 Å². The number of pyridine rings is 1. The van der Waals surface area contributed by atoms with Crippen LogP contribution in [0, 0.1) is 17.1 Å². The van der Waals surface area contributed by atoms with Crippen molar-refractivity contribution in [3.8, 4) is 6.07 Å². The lowest BCUT2D eigenvalue weighted by Crippen LogP contribution is -2.17. The molecule has 6 nitrogen and oxygen atoms in total. The van der Waals surface area contributed by atoms with Gasteiger partial charge in [-0.2, -0.15) is 5.26 Å². The van der Waals surface area contributed by atoms with E-state index in [4.69, 9.17) is 22.7 Å². The second-order valence-corrected chi connectivity index (χ2v) is 4.33. The molecule has 0 saturated heterocycles. The number of amides is 1. The first-order valence-corrected chi connectivity index (χ1v) is 6.06. The minimum Gasteiger partial charge on any atom is -0.320 e. The Labute approximate surface area is 124 Å². The van der Waals surface area contributed by atoms with E-state index in [2.05, 4.69) is 10.3 Å². The molecule has 0 fully saturated rings. The Kier molecular flexibility index (Phi) is 4.33. The maximum Gasteiger partial charge on any atom is 0.258 e. The molecule has 0 atom stereocenters. The molecule has 0 aliphatic carbocycles. The molecule has 8 heteroatoms. The highest BCUT2D eigenvalue weighted by Crippen LogP contribution is 2.24. The molecule has 2 rings (SSSR count). The number of halogens is 2. The zero-order chi connectivity index (χ0) is 15.4. The van der Waals surface area contributed by atoms with Crippen molar-refractivity contribution in [2.45, 2.75) is 0 Å². The predicted molar refractivity (Wildman–Crippen MR) is 76.1 cm³/mol. The normalized spacial score (nSPS) is 9.81. The Balaban J connectivity index is 2.33. The van der Waals surface area contributed by atoms with Crippen LogP contribution in [0.15, 0.2) is 30.5 Å². The fourth-order valence-corrected chi connectivity index (χ4v) is 1.76. The van der Waals surface area contributed by atoms with Crippen molar-refractivity contribution in [2.24, 2.45) is 5.84 Å². The summed E-state index contributed by atoms with van der Waals surface area (Å²) in [6.45, 7) is 0. The average Bonchev–Trinajstić information content (AvgIpc) is 2.49. The number of hydrogen-bond acceptors (Lipinski definition) is 5. The lowest BCUT2D eigenvalue weighted by atomic mass is 10.2. The van der Waals surface area contributed by atoms with E-state index >= 15 is 0 Å². The van der Waals surface area contributed by atoms with Crippen molar-refractivity contribution in [1.29, 1.82) is 5.26 Å². The molecule has 0 spiro atoms. The summed E-state index contributed by atoms with van der Waals surface area (Å²) in [5.41, 5.74) is 2.32. The standard InChI is InChI=1S/C13H9ClFN5O/c14-9-2-1-7(6-16)5-10(9)19-13(21)8-3-4-18-12(20-17)11(8)15/h1-5H,17H2,(H,18,20)(H,19,21). The molecule has 1 aromatic heterocycles. The Morgan fingerprint density at radius 3 is 2.86 bits per heavy atom. The van der Waals surface area contributed by atoms with E-state index < -0.39 is 11.7 Å². The van der Waals surface area contributed by atoms with Crippen molar-refractivity contribution in [3.05, 3.63) is 52.4 Å². The monoisotopic (exact) mass is 305 g/mol. The van der Waals surface area contributed by atoms with Gasteiger partial charge in [0.1, 0.15) is 0 Å². The van der Waals surface area contributed by atoms with Crippen LogP contribution >= 0.6 is 11.6 Å². The molecule has 0 saturated carbocycles. The number of benzene rings is 1. The summed E-state index contributed by atoms with van der Waals surface area (Å²) in [6, 6.07) is 7.47. The molecule has 0 radical (unpaired) electrons. The van der Waals surface area contributed by atoms with E-state index in [1.807, 2.05) is 11.5 Å². The lowest BCUT2D eigenvalue weighted by Gasteiger charge is -2.09. The number of nitrogen functional groups attached to an aromatic ring is 1. The van der Waals surface area contributed by atoms with Gasteiger partial charge >= 0.3 is 0 Å². The third-order valence-corrected chi connectivity index (χ3v) is 2.94. The van der Waals surface area contributed by atoms with Crippen LogP contribution in [-0.2, 0) is 0 Å². The highest BCUT2D eigenvalue weighted by Gasteiger charge is 2.16. The van der Waals surface area contributed by atoms with Crippen molar-refractivity contribution < 1.29 is 9.18 Å². The average molecular weight is 306 g/mol. The summed E-state index contributed by atoms with van der Waals surface area (Å²) >= 11 is 5.92. The zero-order valence-electron chi connectivity index (χ0n) is 10.5. The van der Waals surface area contributed by atoms with Gasteiger partial charge in [-0.25, -0.2) is 15.2 Å². The number of carbonyl (C=O) groups excluding carboxylic acids is 1. The van der Waals surface area contributed by atoms with Crippen LogP contribution in [0.2, 0.25) is 5.02 Å². The lowest BCUT2D eigenvalue weighted by molar-refractivity contribution is 0.102. The second-order valence-electron chi connectivity index (χ2n) is 3.93. The second kappa shape index (κ2) is 6.17. The maximum absolute atomic E-state index is 13.9. The molecule has 0 aliphatic heterocycles. The largest absolute Gasteiger partial charge is 0.320 e. The number of hydrogen-bond donors (Lipinski definition) is 3. The molecule has 1 aromatic carbocycles. The Morgan fingerprint density at radius 2 is 2.19 bits per heavy atom. The summed E-state index contributed by atoms with van der Waals surface area (Å²) in [6.07, 6.45) is 1.24. The van der Waals surface area contributed by atoms with E-state index in [-0.39, 0.29) is 22.1 Å². The summed E-state index contributed by atoms with van der Waals surface area (Å²) in [7, 11) is 0. The zero-order valence-corrected chi connectivity index (χ0v) is 11.3.